The van der Waals surface area contributed by atoms with E-state index >= 15 is 0 Å². The van der Waals surface area contributed by atoms with Gasteiger partial charge in [-0.2, -0.15) is 0 Å². The molecular formula is C49H31N3O. The van der Waals surface area contributed by atoms with E-state index in [0.29, 0.717) is 17.5 Å². The molecule has 0 N–H and O–H groups in total. The summed E-state index contributed by atoms with van der Waals surface area (Å²) in [4.78, 5) is 15.7. The van der Waals surface area contributed by atoms with Crippen LogP contribution in [0.25, 0.3) is 100 Å². The molecular weight excluding hydrogens is 647 g/mol. The quantitative estimate of drug-likeness (QED) is 0.176. The SMILES string of the molecule is c1ccc(-c2ccc(-c3nc(-c4ccccc4-c4ccccc4)nc(-c4cc5c(oc6cccc(-c7ccccc7)c65)c5ccccc45)n3)cc2)cc1. The smallest absolute Gasteiger partial charge is 0.164 e. The lowest BCUT2D eigenvalue weighted by Crippen LogP contribution is -2.01. The highest BCUT2D eigenvalue weighted by atomic mass is 16.3. The molecule has 53 heavy (non-hydrogen) atoms. The summed E-state index contributed by atoms with van der Waals surface area (Å²) < 4.78 is 6.66. The van der Waals surface area contributed by atoms with E-state index in [-0.39, 0.29) is 0 Å². The van der Waals surface area contributed by atoms with Gasteiger partial charge in [0.2, 0.25) is 0 Å². The van der Waals surface area contributed by atoms with Crippen LogP contribution in [-0.4, -0.2) is 15.0 Å². The highest BCUT2D eigenvalue weighted by Gasteiger charge is 2.21. The molecule has 4 nitrogen and oxygen atoms in total. The molecule has 0 fully saturated rings. The Hall–Kier alpha value is -7.17. The maximum Gasteiger partial charge on any atom is 0.164 e. The molecule has 10 aromatic rings. The third-order valence-corrected chi connectivity index (χ3v) is 9.97. The van der Waals surface area contributed by atoms with Gasteiger partial charge in [-0.15, -0.1) is 0 Å². The van der Waals surface area contributed by atoms with E-state index in [1.165, 1.54) is 0 Å². The van der Waals surface area contributed by atoms with Gasteiger partial charge in [0.25, 0.3) is 0 Å². The van der Waals surface area contributed by atoms with Crippen molar-refractivity contribution in [2.24, 2.45) is 0 Å². The minimum absolute atomic E-state index is 0.602. The third kappa shape index (κ3) is 5.45. The summed E-state index contributed by atoms with van der Waals surface area (Å²) >= 11 is 0. The first-order valence-corrected chi connectivity index (χ1v) is 17.8. The second kappa shape index (κ2) is 12.9. The monoisotopic (exact) mass is 677 g/mol. The van der Waals surface area contributed by atoms with Gasteiger partial charge in [-0.3, -0.25) is 0 Å². The van der Waals surface area contributed by atoms with Crippen molar-refractivity contribution in [1.29, 1.82) is 0 Å². The lowest BCUT2D eigenvalue weighted by Gasteiger charge is -2.13. The number of rotatable bonds is 6. The van der Waals surface area contributed by atoms with Crippen LogP contribution < -0.4 is 0 Å². The van der Waals surface area contributed by atoms with E-state index in [1.807, 2.05) is 24.3 Å². The highest BCUT2D eigenvalue weighted by molar-refractivity contribution is 6.21. The third-order valence-electron chi connectivity index (χ3n) is 9.97. The summed E-state index contributed by atoms with van der Waals surface area (Å²) in [6.07, 6.45) is 0. The van der Waals surface area contributed by atoms with Gasteiger partial charge >= 0.3 is 0 Å². The maximum absolute atomic E-state index is 6.66. The first kappa shape index (κ1) is 30.6. The molecule has 2 heterocycles. The minimum atomic E-state index is 0.602. The summed E-state index contributed by atoms with van der Waals surface area (Å²) in [6.45, 7) is 0. The van der Waals surface area contributed by atoms with Crippen LogP contribution in [0.3, 0.4) is 0 Å². The van der Waals surface area contributed by atoms with Gasteiger partial charge < -0.3 is 4.42 Å². The molecule has 8 aromatic carbocycles. The Morgan fingerprint density at radius 2 is 0.792 bits per heavy atom. The number of hydrogen-bond donors (Lipinski definition) is 0. The standard InChI is InChI=1S/C49H31N3O/c1-4-15-32(16-5-1)33-27-29-36(30-28-33)47-50-48(41-24-13-10-21-37(41)34-17-6-2-7-18-34)52-49(51-47)42-31-43-45-38(35-19-8-3-9-20-35)25-14-26-44(45)53-46(43)40-23-12-11-22-39(40)42/h1-31H. The summed E-state index contributed by atoms with van der Waals surface area (Å²) in [7, 11) is 0. The number of benzene rings is 8. The van der Waals surface area contributed by atoms with Crippen LogP contribution in [-0.2, 0) is 0 Å². The van der Waals surface area contributed by atoms with Crippen LogP contribution in [0.15, 0.2) is 192 Å². The Balaban J connectivity index is 1.24. The van der Waals surface area contributed by atoms with Crippen molar-refractivity contribution in [1.82, 2.24) is 15.0 Å². The van der Waals surface area contributed by atoms with Crippen LogP contribution in [0, 0.1) is 0 Å². The van der Waals surface area contributed by atoms with Crippen LogP contribution >= 0.6 is 0 Å². The zero-order valence-electron chi connectivity index (χ0n) is 28.6. The molecule has 0 aliphatic rings. The van der Waals surface area contributed by atoms with Crippen molar-refractivity contribution in [2.75, 3.05) is 0 Å². The topological polar surface area (TPSA) is 51.8 Å². The minimum Gasteiger partial charge on any atom is -0.455 e. The van der Waals surface area contributed by atoms with Crippen molar-refractivity contribution >= 4 is 32.7 Å². The molecule has 2 aromatic heterocycles. The second-order valence-corrected chi connectivity index (χ2v) is 13.2. The average molecular weight is 678 g/mol. The van der Waals surface area contributed by atoms with Crippen molar-refractivity contribution in [2.45, 2.75) is 0 Å². The molecule has 0 amide bonds. The largest absolute Gasteiger partial charge is 0.455 e. The van der Waals surface area contributed by atoms with Crippen LogP contribution in [0.2, 0.25) is 0 Å². The van der Waals surface area contributed by atoms with Gasteiger partial charge in [0.15, 0.2) is 17.5 Å². The molecule has 4 heteroatoms. The molecule has 0 atom stereocenters. The lowest BCUT2D eigenvalue weighted by atomic mass is 9.95. The van der Waals surface area contributed by atoms with Gasteiger partial charge in [-0.25, -0.2) is 15.0 Å². The van der Waals surface area contributed by atoms with E-state index in [4.69, 9.17) is 19.4 Å². The number of aromatic nitrogens is 3. The van der Waals surface area contributed by atoms with Crippen molar-refractivity contribution in [3.05, 3.63) is 188 Å². The fraction of sp³-hybridized carbons (Fsp3) is 0. The Morgan fingerprint density at radius 3 is 1.49 bits per heavy atom. The molecule has 0 saturated carbocycles. The van der Waals surface area contributed by atoms with E-state index in [2.05, 4.69) is 164 Å². The summed E-state index contributed by atoms with van der Waals surface area (Å²) in [5.74, 6) is 1.83. The maximum atomic E-state index is 6.66. The number of fused-ring (bicyclic) bond motifs is 5. The first-order chi connectivity index (χ1) is 26.3. The van der Waals surface area contributed by atoms with Crippen molar-refractivity contribution in [3.63, 3.8) is 0 Å². The van der Waals surface area contributed by atoms with Crippen LogP contribution in [0.1, 0.15) is 0 Å². The zero-order chi connectivity index (χ0) is 35.1. The molecule has 0 aliphatic heterocycles. The van der Waals surface area contributed by atoms with Gasteiger partial charge in [0.05, 0.1) is 0 Å². The molecule has 248 valence electrons. The van der Waals surface area contributed by atoms with E-state index < -0.39 is 0 Å². The second-order valence-electron chi connectivity index (χ2n) is 13.2. The van der Waals surface area contributed by atoms with Crippen LogP contribution in [0.5, 0.6) is 0 Å². The van der Waals surface area contributed by atoms with E-state index in [0.717, 1.165) is 82.8 Å². The summed E-state index contributed by atoms with van der Waals surface area (Å²) in [5, 5.41) is 4.12. The number of furan rings is 1. The normalized spacial score (nSPS) is 11.4. The molecule has 0 saturated heterocycles. The Labute approximate surface area is 306 Å². The van der Waals surface area contributed by atoms with Gasteiger partial charge in [-0.05, 0) is 50.9 Å². The Kier molecular flexibility index (Phi) is 7.43. The fourth-order valence-electron chi connectivity index (χ4n) is 7.43. The highest BCUT2D eigenvalue weighted by Crippen LogP contribution is 2.43. The predicted molar refractivity (Wildman–Crippen MR) is 217 cm³/mol. The predicted octanol–water partition coefficient (Wildman–Crippen LogP) is 12.9. The molecule has 10 rings (SSSR count). The lowest BCUT2D eigenvalue weighted by molar-refractivity contribution is 0.673. The van der Waals surface area contributed by atoms with E-state index in [1.54, 1.807) is 0 Å². The molecule has 0 spiro atoms. The summed E-state index contributed by atoms with van der Waals surface area (Å²) in [5.41, 5.74) is 11.2. The number of hydrogen-bond acceptors (Lipinski definition) is 4. The van der Waals surface area contributed by atoms with Gasteiger partial charge in [-0.1, -0.05) is 176 Å². The Morgan fingerprint density at radius 1 is 0.302 bits per heavy atom. The van der Waals surface area contributed by atoms with Crippen molar-refractivity contribution < 1.29 is 4.42 Å². The average Bonchev–Trinajstić information content (AvgIpc) is 3.63. The zero-order valence-corrected chi connectivity index (χ0v) is 28.6. The summed E-state index contributed by atoms with van der Waals surface area (Å²) in [6, 6.07) is 65.0. The molecule has 0 radical (unpaired) electrons. The van der Waals surface area contributed by atoms with Gasteiger partial charge in [0, 0.05) is 32.8 Å². The van der Waals surface area contributed by atoms with E-state index in [9.17, 15) is 0 Å². The number of nitrogens with zero attached hydrogens (tertiary/aromatic N) is 3. The van der Waals surface area contributed by atoms with Crippen molar-refractivity contribution in [3.8, 4) is 67.5 Å². The van der Waals surface area contributed by atoms with Gasteiger partial charge in [0.1, 0.15) is 11.2 Å². The first-order valence-electron chi connectivity index (χ1n) is 17.8. The molecule has 0 bridgehead atoms. The fourth-order valence-corrected chi connectivity index (χ4v) is 7.43. The molecule has 0 aliphatic carbocycles. The van der Waals surface area contributed by atoms with Crippen LogP contribution in [0.4, 0.5) is 0 Å². The Bertz CT molecular complexity index is 2920. The molecule has 0 unspecified atom stereocenters.